The van der Waals surface area contributed by atoms with Crippen molar-refractivity contribution in [2.45, 2.75) is 57.3 Å². The van der Waals surface area contributed by atoms with Gasteiger partial charge in [-0.05, 0) is 19.8 Å². The van der Waals surface area contributed by atoms with Crippen molar-refractivity contribution in [1.29, 1.82) is 0 Å². The predicted octanol–water partition coefficient (Wildman–Crippen LogP) is 1.43. The summed E-state index contributed by atoms with van der Waals surface area (Å²) in [5, 5.41) is 16.1. The molecule has 3 atom stereocenters. The lowest BCUT2D eigenvalue weighted by molar-refractivity contribution is -0.123. The van der Waals surface area contributed by atoms with Crippen LogP contribution in [0.1, 0.15) is 36.4 Å². The van der Waals surface area contributed by atoms with Gasteiger partial charge in [0.15, 0.2) is 0 Å². The molecule has 5 nitrogen and oxygen atoms in total. The van der Waals surface area contributed by atoms with Crippen molar-refractivity contribution >= 4 is 17.2 Å². The standard InChI is InChI=1S/C14H22N2O3S/c1-9-15-10(8-20-9)7-13(17)16-11-5-3-4-6-12(19-2)14(11)18/h8,11-12,14,18H,3-7H2,1-2H3,(H,16,17)/t11-,12-,14-/m1/s1. The lowest BCUT2D eigenvalue weighted by Gasteiger charge is -2.26. The van der Waals surface area contributed by atoms with Crippen molar-refractivity contribution in [2.75, 3.05) is 7.11 Å². The fourth-order valence-corrected chi connectivity index (χ4v) is 3.25. The first-order valence-electron chi connectivity index (χ1n) is 7.01. The molecule has 1 aliphatic carbocycles. The third-order valence-electron chi connectivity index (χ3n) is 3.70. The number of ether oxygens (including phenoxy) is 1. The summed E-state index contributed by atoms with van der Waals surface area (Å²) in [7, 11) is 1.61. The summed E-state index contributed by atoms with van der Waals surface area (Å²) in [4.78, 5) is 16.3. The molecule has 0 aliphatic heterocycles. The number of aliphatic hydroxyl groups excluding tert-OH is 1. The van der Waals surface area contributed by atoms with Gasteiger partial charge in [0, 0.05) is 12.5 Å². The molecule has 112 valence electrons. The highest BCUT2D eigenvalue weighted by atomic mass is 32.1. The summed E-state index contributed by atoms with van der Waals surface area (Å²) in [6.45, 7) is 1.92. The Kier molecular flexibility index (Phi) is 5.51. The van der Waals surface area contributed by atoms with E-state index in [4.69, 9.17) is 4.74 Å². The van der Waals surface area contributed by atoms with Crippen LogP contribution in [0.3, 0.4) is 0 Å². The topological polar surface area (TPSA) is 71.5 Å². The quantitative estimate of drug-likeness (QED) is 0.825. The number of aliphatic hydroxyl groups is 1. The van der Waals surface area contributed by atoms with Gasteiger partial charge in [0.05, 0.1) is 29.3 Å². The largest absolute Gasteiger partial charge is 0.388 e. The molecule has 1 saturated carbocycles. The van der Waals surface area contributed by atoms with Gasteiger partial charge in [0.2, 0.25) is 5.91 Å². The molecule has 20 heavy (non-hydrogen) atoms. The molecule has 1 heterocycles. The number of aryl methyl sites for hydroxylation is 1. The zero-order valence-corrected chi connectivity index (χ0v) is 12.8. The number of aromatic nitrogens is 1. The van der Waals surface area contributed by atoms with Crippen LogP contribution >= 0.6 is 11.3 Å². The minimum atomic E-state index is -0.636. The van der Waals surface area contributed by atoms with Crippen molar-refractivity contribution in [3.63, 3.8) is 0 Å². The van der Waals surface area contributed by atoms with E-state index in [9.17, 15) is 9.90 Å². The summed E-state index contributed by atoms with van der Waals surface area (Å²) >= 11 is 1.54. The minimum Gasteiger partial charge on any atom is -0.388 e. The Morgan fingerprint density at radius 1 is 1.55 bits per heavy atom. The number of hydrogen-bond acceptors (Lipinski definition) is 5. The second-order valence-corrected chi connectivity index (χ2v) is 6.32. The van der Waals surface area contributed by atoms with Gasteiger partial charge >= 0.3 is 0 Å². The van der Waals surface area contributed by atoms with E-state index in [1.54, 1.807) is 7.11 Å². The molecule has 1 aromatic rings. The predicted molar refractivity (Wildman–Crippen MR) is 77.8 cm³/mol. The Labute approximate surface area is 123 Å². The zero-order valence-electron chi connectivity index (χ0n) is 12.0. The maximum Gasteiger partial charge on any atom is 0.226 e. The number of nitrogens with zero attached hydrogens (tertiary/aromatic N) is 1. The number of carbonyl (C=O) groups is 1. The average Bonchev–Trinajstić information content (AvgIpc) is 2.73. The van der Waals surface area contributed by atoms with E-state index in [2.05, 4.69) is 10.3 Å². The number of amides is 1. The van der Waals surface area contributed by atoms with Gasteiger partial charge in [0.25, 0.3) is 0 Å². The van der Waals surface area contributed by atoms with E-state index in [1.807, 2.05) is 12.3 Å². The van der Waals surface area contributed by atoms with Crippen LogP contribution in [0.2, 0.25) is 0 Å². The van der Waals surface area contributed by atoms with Gasteiger partial charge in [-0.15, -0.1) is 11.3 Å². The Morgan fingerprint density at radius 3 is 2.95 bits per heavy atom. The van der Waals surface area contributed by atoms with Gasteiger partial charge in [-0.1, -0.05) is 12.8 Å². The number of carbonyl (C=O) groups excluding carboxylic acids is 1. The van der Waals surface area contributed by atoms with Crippen LogP contribution in [0.4, 0.5) is 0 Å². The van der Waals surface area contributed by atoms with E-state index < -0.39 is 6.10 Å². The van der Waals surface area contributed by atoms with Gasteiger partial charge in [-0.2, -0.15) is 0 Å². The first-order chi connectivity index (χ1) is 9.60. The van der Waals surface area contributed by atoms with Crippen LogP contribution in [0.5, 0.6) is 0 Å². The molecule has 1 aromatic heterocycles. The van der Waals surface area contributed by atoms with Gasteiger partial charge < -0.3 is 15.2 Å². The SMILES string of the molecule is CO[C@@H]1CCCC[C@@H](NC(=O)Cc2csc(C)n2)[C@H]1O. The average molecular weight is 298 g/mol. The molecule has 0 unspecified atom stereocenters. The van der Waals surface area contributed by atoms with E-state index in [1.165, 1.54) is 11.3 Å². The van der Waals surface area contributed by atoms with Crippen LogP contribution in [0.15, 0.2) is 5.38 Å². The van der Waals surface area contributed by atoms with E-state index >= 15 is 0 Å². The second kappa shape index (κ2) is 7.15. The molecule has 1 fully saturated rings. The van der Waals surface area contributed by atoms with Crippen molar-refractivity contribution in [1.82, 2.24) is 10.3 Å². The molecule has 0 bridgehead atoms. The number of rotatable bonds is 4. The molecule has 1 amide bonds. The van der Waals surface area contributed by atoms with Crippen LogP contribution in [-0.2, 0) is 16.0 Å². The number of methoxy groups -OCH3 is 1. The second-order valence-electron chi connectivity index (χ2n) is 5.26. The molecular weight excluding hydrogens is 276 g/mol. The van der Waals surface area contributed by atoms with E-state index in [0.717, 1.165) is 36.4 Å². The summed E-state index contributed by atoms with van der Waals surface area (Å²) < 4.78 is 5.30. The lowest BCUT2D eigenvalue weighted by atomic mass is 10.0. The lowest BCUT2D eigenvalue weighted by Crippen LogP contribution is -2.48. The molecule has 2 N–H and O–H groups in total. The van der Waals surface area contributed by atoms with Crippen molar-refractivity contribution in [3.05, 3.63) is 16.1 Å². The molecule has 6 heteroatoms. The fourth-order valence-electron chi connectivity index (χ4n) is 2.64. The Hall–Kier alpha value is -0.980. The van der Waals surface area contributed by atoms with Crippen LogP contribution in [-0.4, -0.2) is 41.4 Å². The summed E-state index contributed by atoms with van der Waals surface area (Å²) in [6.07, 6.45) is 3.10. The number of thiazole rings is 1. The third-order valence-corrected chi connectivity index (χ3v) is 4.53. The Morgan fingerprint density at radius 2 is 2.30 bits per heavy atom. The molecule has 1 aliphatic rings. The maximum atomic E-state index is 12.0. The molecular formula is C14H22N2O3S. The Bertz CT molecular complexity index is 449. The van der Waals surface area contributed by atoms with E-state index in [-0.39, 0.29) is 24.5 Å². The van der Waals surface area contributed by atoms with Crippen molar-refractivity contribution in [3.8, 4) is 0 Å². The first kappa shape index (κ1) is 15.4. The number of hydrogen-bond donors (Lipinski definition) is 2. The van der Waals surface area contributed by atoms with Crippen molar-refractivity contribution in [2.24, 2.45) is 0 Å². The molecule has 0 radical (unpaired) electrons. The molecule has 0 saturated heterocycles. The maximum absolute atomic E-state index is 12.0. The first-order valence-corrected chi connectivity index (χ1v) is 7.89. The third kappa shape index (κ3) is 4.01. The minimum absolute atomic E-state index is 0.0869. The van der Waals surface area contributed by atoms with Gasteiger partial charge in [-0.25, -0.2) is 4.98 Å². The normalized spacial score (nSPS) is 27.1. The molecule has 2 rings (SSSR count). The zero-order chi connectivity index (χ0) is 14.5. The summed E-state index contributed by atoms with van der Waals surface area (Å²) in [5.74, 6) is -0.0869. The number of nitrogens with one attached hydrogen (secondary N) is 1. The van der Waals surface area contributed by atoms with Crippen LogP contribution < -0.4 is 5.32 Å². The molecule has 0 spiro atoms. The highest BCUT2D eigenvalue weighted by Crippen LogP contribution is 2.21. The van der Waals surface area contributed by atoms with Crippen LogP contribution in [0, 0.1) is 6.92 Å². The van der Waals surface area contributed by atoms with Crippen LogP contribution in [0.25, 0.3) is 0 Å². The fraction of sp³-hybridized carbons (Fsp3) is 0.714. The molecule has 0 aromatic carbocycles. The Balaban J connectivity index is 1.91. The van der Waals surface area contributed by atoms with Gasteiger partial charge in [-0.3, -0.25) is 4.79 Å². The smallest absolute Gasteiger partial charge is 0.226 e. The summed E-state index contributed by atoms with van der Waals surface area (Å²) in [6, 6.07) is -0.227. The van der Waals surface area contributed by atoms with E-state index in [0.29, 0.717) is 0 Å². The summed E-state index contributed by atoms with van der Waals surface area (Å²) in [5.41, 5.74) is 0.788. The highest BCUT2D eigenvalue weighted by Gasteiger charge is 2.31. The van der Waals surface area contributed by atoms with Crippen molar-refractivity contribution < 1.29 is 14.6 Å². The highest BCUT2D eigenvalue weighted by molar-refractivity contribution is 7.09. The monoisotopic (exact) mass is 298 g/mol. The van der Waals surface area contributed by atoms with Gasteiger partial charge in [0.1, 0.15) is 6.10 Å².